The van der Waals surface area contributed by atoms with E-state index in [0.717, 1.165) is 28.7 Å². The first kappa shape index (κ1) is 19.1. The van der Waals surface area contributed by atoms with Crippen LogP contribution in [0.15, 0.2) is 90.0 Å². The maximum Gasteiger partial charge on any atom is 0.275 e. The first-order valence-electron chi connectivity index (χ1n) is 10.4. The SMILES string of the molecule is O=C(NN=C(/C=C/c1ccccc1)c1ccccc1)c1cc2c(cc1O)C=CC1CC21. The number of amides is 1. The summed E-state index contributed by atoms with van der Waals surface area (Å²) in [7, 11) is 0. The van der Waals surface area contributed by atoms with Crippen LogP contribution >= 0.6 is 0 Å². The lowest BCUT2D eigenvalue weighted by atomic mass is 9.94. The standard InChI is InChI=1S/C27H22N2O2/c30-26-16-21-13-12-20-15-22(20)23(21)17-24(26)27(31)29-28-25(19-9-5-2-6-10-19)14-11-18-7-3-1-4-8-18/h1-14,16-17,20,22,30H,15H2,(H,29,31)/b14-11+,28-25?. The Kier molecular flexibility index (Phi) is 4.97. The van der Waals surface area contributed by atoms with E-state index in [9.17, 15) is 9.90 Å². The number of hydrogen-bond donors (Lipinski definition) is 2. The number of phenolic OH excluding ortho intramolecular Hbond substituents is 1. The van der Waals surface area contributed by atoms with Crippen LogP contribution < -0.4 is 5.43 Å². The predicted octanol–water partition coefficient (Wildman–Crippen LogP) is 5.37. The minimum Gasteiger partial charge on any atom is -0.507 e. The topological polar surface area (TPSA) is 61.7 Å². The highest BCUT2D eigenvalue weighted by molar-refractivity contribution is 6.11. The molecule has 0 heterocycles. The maximum atomic E-state index is 12.9. The number of benzene rings is 3. The lowest BCUT2D eigenvalue weighted by Crippen LogP contribution is -2.20. The molecule has 0 aromatic heterocycles. The zero-order valence-electron chi connectivity index (χ0n) is 16.9. The number of carbonyl (C=O) groups excluding carboxylic acids is 1. The van der Waals surface area contributed by atoms with Crippen molar-refractivity contribution >= 4 is 23.8 Å². The summed E-state index contributed by atoms with van der Waals surface area (Å²) in [6.07, 6.45) is 9.15. The van der Waals surface area contributed by atoms with E-state index >= 15 is 0 Å². The van der Waals surface area contributed by atoms with Crippen LogP contribution in [0, 0.1) is 5.92 Å². The highest BCUT2D eigenvalue weighted by Gasteiger charge is 2.40. The smallest absolute Gasteiger partial charge is 0.275 e. The number of fused-ring (bicyclic) bond motifs is 3. The molecule has 4 heteroatoms. The molecule has 2 unspecified atom stereocenters. The van der Waals surface area contributed by atoms with Crippen LogP contribution in [0.4, 0.5) is 0 Å². The Balaban J connectivity index is 1.42. The number of nitrogens with one attached hydrogen (secondary N) is 1. The Hall–Kier alpha value is -3.92. The molecule has 1 fully saturated rings. The van der Waals surface area contributed by atoms with E-state index in [2.05, 4.69) is 16.6 Å². The van der Waals surface area contributed by atoms with Crippen LogP contribution in [-0.4, -0.2) is 16.7 Å². The number of carbonyl (C=O) groups is 1. The van der Waals surface area contributed by atoms with Gasteiger partial charge < -0.3 is 5.11 Å². The van der Waals surface area contributed by atoms with Gasteiger partial charge >= 0.3 is 0 Å². The first-order chi connectivity index (χ1) is 15.2. The summed E-state index contributed by atoms with van der Waals surface area (Å²) in [5.74, 6) is 0.577. The van der Waals surface area contributed by atoms with Crippen LogP contribution in [0.2, 0.25) is 0 Å². The van der Waals surface area contributed by atoms with E-state index in [1.165, 1.54) is 0 Å². The molecule has 0 saturated heterocycles. The van der Waals surface area contributed by atoms with Gasteiger partial charge in [0.2, 0.25) is 0 Å². The summed E-state index contributed by atoms with van der Waals surface area (Å²) in [5, 5.41) is 14.8. The summed E-state index contributed by atoms with van der Waals surface area (Å²) in [5.41, 5.74) is 7.56. The van der Waals surface area contributed by atoms with Gasteiger partial charge in [0.25, 0.3) is 5.91 Å². The first-order valence-corrected chi connectivity index (χ1v) is 10.4. The fourth-order valence-corrected chi connectivity index (χ4v) is 4.00. The fraction of sp³-hybridized carbons (Fsp3) is 0.111. The minimum atomic E-state index is -0.423. The number of allylic oxidation sites excluding steroid dienone is 2. The van der Waals surface area contributed by atoms with E-state index < -0.39 is 5.91 Å². The average Bonchev–Trinajstić information content (AvgIpc) is 3.60. The van der Waals surface area contributed by atoms with Crippen molar-refractivity contribution in [2.45, 2.75) is 12.3 Å². The predicted molar refractivity (Wildman–Crippen MR) is 124 cm³/mol. The molecule has 1 saturated carbocycles. The van der Waals surface area contributed by atoms with Crippen LogP contribution in [0.5, 0.6) is 5.75 Å². The van der Waals surface area contributed by atoms with Gasteiger partial charge in [0.05, 0.1) is 11.3 Å². The Morgan fingerprint density at radius 1 is 1.03 bits per heavy atom. The normalized spacial score (nSPS) is 19.0. The zero-order valence-corrected chi connectivity index (χ0v) is 16.9. The number of nitrogens with zero attached hydrogens (tertiary/aromatic N) is 1. The number of hydrazone groups is 1. The molecule has 0 radical (unpaired) electrons. The van der Waals surface area contributed by atoms with Crippen LogP contribution in [0.1, 0.15) is 45.0 Å². The Morgan fingerprint density at radius 2 is 1.77 bits per heavy atom. The van der Waals surface area contributed by atoms with Gasteiger partial charge in [0.1, 0.15) is 5.75 Å². The van der Waals surface area contributed by atoms with E-state index in [1.54, 1.807) is 6.07 Å². The molecule has 0 aliphatic heterocycles. The molecule has 4 nitrogen and oxygen atoms in total. The molecule has 2 aliphatic rings. The fourth-order valence-electron chi connectivity index (χ4n) is 4.00. The van der Waals surface area contributed by atoms with Gasteiger partial charge in [0, 0.05) is 5.56 Å². The third-order valence-corrected chi connectivity index (χ3v) is 5.79. The molecule has 2 aliphatic carbocycles. The van der Waals surface area contributed by atoms with Crippen molar-refractivity contribution in [3.8, 4) is 5.75 Å². The summed E-state index contributed by atoms with van der Waals surface area (Å²) in [6, 6.07) is 23.1. The van der Waals surface area contributed by atoms with Crippen molar-refractivity contribution < 1.29 is 9.90 Å². The van der Waals surface area contributed by atoms with Crippen molar-refractivity contribution in [3.63, 3.8) is 0 Å². The van der Waals surface area contributed by atoms with Gasteiger partial charge in [-0.3, -0.25) is 4.79 Å². The monoisotopic (exact) mass is 406 g/mol. The van der Waals surface area contributed by atoms with Crippen molar-refractivity contribution in [2.75, 3.05) is 0 Å². The molecule has 2 N–H and O–H groups in total. The molecule has 31 heavy (non-hydrogen) atoms. The van der Waals surface area contributed by atoms with Crippen molar-refractivity contribution in [3.05, 3.63) is 113 Å². The molecule has 0 bridgehead atoms. The lowest BCUT2D eigenvalue weighted by molar-refractivity contribution is 0.0952. The summed E-state index contributed by atoms with van der Waals surface area (Å²) in [4.78, 5) is 12.9. The molecule has 152 valence electrons. The van der Waals surface area contributed by atoms with Crippen LogP contribution in [0.3, 0.4) is 0 Å². The molecular weight excluding hydrogens is 384 g/mol. The number of aromatic hydroxyl groups is 1. The quantitative estimate of drug-likeness (QED) is 0.442. The Morgan fingerprint density at radius 3 is 2.55 bits per heavy atom. The molecule has 0 spiro atoms. The lowest BCUT2D eigenvalue weighted by Gasteiger charge is -2.13. The molecule has 5 rings (SSSR count). The largest absolute Gasteiger partial charge is 0.507 e. The maximum absolute atomic E-state index is 12.9. The van der Waals surface area contributed by atoms with Crippen molar-refractivity contribution in [1.29, 1.82) is 0 Å². The van der Waals surface area contributed by atoms with Crippen molar-refractivity contribution in [1.82, 2.24) is 5.43 Å². The minimum absolute atomic E-state index is 0.0312. The third-order valence-electron chi connectivity index (χ3n) is 5.79. The van der Waals surface area contributed by atoms with E-state index in [0.29, 0.717) is 17.5 Å². The van der Waals surface area contributed by atoms with E-state index in [-0.39, 0.29) is 11.3 Å². The average molecular weight is 406 g/mol. The number of hydrogen-bond acceptors (Lipinski definition) is 3. The van der Waals surface area contributed by atoms with E-state index in [4.69, 9.17) is 0 Å². The highest BCUT2D eigenvalue weighted by Crippen LogP contribution is 2.53. The van der Waals surface area contributed by atoms with Crippen molar-refractivity contribution in [2.24, 2.45) is 11.0 Å². The second kappa shape index (κ2) is 8.07. The number of rotatable bonds is 5. The van der Waals surface area contributed by atoms with Gasteiger partial charge in [-0.2, -0.15) is 5.10 Å². The Bertz CT molecular complexity index is 1210. The van der Waals surface area contributed by atoms with Crippen LogP contribution in [0.25, 0.3) is 12.2 Å². The summed E-state index contributed by atoms with van der Waals surface area (Å²) in [6.45, 7) is 0. The zero-order chi connectivity index (χ0) is 21.2. The summed E-state index contributed by atoms with van der Waals surface area (Å²) >= 11 is 0. The molecule has 3 aromatic carbocycles. The second-order valence-electron chi connectivity index (χ2n) is 7.91. The second-order valence-corrected chi connectivity index (χ2v) is 7.91. The third kappa shape index (κ3) is 4.05. The molecule has 3 aromatic rings. The highest BCUT2D eigenvalue weighted by atomic mass is 16.3. The Labute approximate surface area is 181 Å². The van der Waals surface area contributed by atoms with Gasteiger partial charge in [-0.25, -0.2) is 5.43 Å². The van der Waals surface area contributed by atoms with Gasteiger partial charge in [-0.05, 0) is 53.2 Å². The van der Waals surface area contributed by atoms with Crippen LogP contribution in [-0.2, 0) is 0 Å². The van der Waals surface area contributed by atoms with Gasteiger partial charge in [-0.1, -0.05) is 78.9 Å². The van der Waals surface area contributed by atoms with Gasteiger partial charge in [0.15, 0.2) is 0 Å². The van der Waals surface area contributed by atoms with Gasteiger partial charge in [-0.15, -0.1) is 0 Å². The number of phenols is 1. The van der Waals surface area contributed by atoms with E-state index in [1.807, 2.05) is 85.0 Å². The summed E-state index contributed by atoms with van der Waals surface area (Å²) < 4.78 is 0. The molecule has 2 atom stereocenters. The molecular formula is C27H22N2O2. The molecule has 1 amide bonds.